The average molecular weight is 241 g/mol. The standard InChI is InChI=1S/C8H17N.C2HF3O2/c1-7-4-3-5-9-6-8(7)2;3-2(4,5)1(6)7/h7-9H,3-6H2,1-2H3;(H,6,7)/t7-,8-;/m0./s1. The van der Waals surface area contributed by atoms with E-state index in [1.54, 1.807) is 0 Å². The number of hydrogen-bond acceptors (Lipinski definition) is 2. The maximum atomic E-state index is 10.5. The summed E-state index contributed by atoms with van der Waals surface area (Å²) >= 11 is 0. The van der Waals surface area contributed by atoms with Crippen molar-refractivity contribution in [2.75, 3.05) is 13.1 Å². The number of carboxylic acid groups (broad SMARTS) is 1. The Morgan fingerprint density at radius 1 is 1.31 bits per heavy atom. The fourth-order valence-corrected chi connectivity index (χ4v) is 1.48. The van der Waals surface area contributed by atoms with Gasteiger partial charge in [-0.2, -0.15) is 13.2 Å². The minimum absolute atomic E-state index is 0.937. The predicted molar refractivity (Wildman–Crippen MR) is 50.3 cm³/mol. The number of alkyl halides is 3. The lowest BCUT2D eigenvalue weighted by atomic mass is 9.93. The first-order valence-electron chi connectivity index (χ1n) is 5.35. The average Bonchev–Trinajstić information content (AvgIpc) is 2.32. The number of carboxylic acids is 1. The van der Waals surface area contributed by atoms with Gasteiger partial charge in [0.25, 0.3) is 0 Å². The highest BCUT2D eigenvalue weighted by atomic mass is 19.4. The Kier molecular flexibility index (Phi) is 6.40. The molecule has 16 heavy (non-hydrogen) atoms. The van der Waals surface area contributed by atoms with Gasteiger partial charge in [0.2, 0.25) is 0 Å². The topological polar surface area (TPSA) is 56.7 Å². The van der Waals surface area contributed by atoms with Gasteiger partial charge in [-0.15, -0.1) is 0 Å². The Bertz CT molecular complexity index is 209. The summed E-state index contributed by atoms with van der Waals surface area (Å²) in [6, 6.07) is 0. The number of carbonyl (C=O) groups is 1. The van der Waals surface area contributed by atoms with Crippen molar-refractivity contribution in [3.8, 4) is 0 Å². The molecule has 0 saturated carbocycles. The quantitative estimate of drug-likeness (QED) is 0.644. The van der Waals surface area contributed by atoms with Gasteiger partial charge in [0.1, 0.15) is 5.97 Å². The van der Waals surface area contributed by atoms with E-state index in [2.05, 4.69) is 19.2 Å². The molecule has 2 N–H and O–H groups in total. The molecule has 0 aromatic heterocycles. The summed E-state index contributed by atoms with van der Waals surface area (Å²) in [5.41, 5.74) is 0. The summed E-state index contributed by atoms with van der Waals surface area (Å²) in [5, 5.41) is 11.2. The second-order valence-electron chi connectivity index (χ2n) is 4.20. The van der Waals surface area contributed by atoms with Gasteiger partial charge in [-0.25, -0.2) is 0 Å². The van der Waals surface area contributed by atoms with Gasteiger partial charge in [-0.3, -0.25) is 0 Å². The van der Waals surface area contributed by atoms with Crippen LogP contribution in [0.15, 0.2) is 0 Å². The molecule has 0 bridgehead atoms. The first-order valence-corrected chi connectivity index (χ1v) is 5.35. The van der Waals surface area contributed by atoms with Gasteiger partial charge in [0.15, 0.2) is 0 Å². The minimum atomic E-state index is -5.19. The summed E-state index contributed by atoms with van der Waals surface area (Å²) in [6.45, 7) is 7.45. The molecular formula is C10H18F3NO2. The third-order valence-electron chi connectivity index (χ3n) is 2.81. The van der Waals surface area contributed by atoms with E-state index in [0.717, 1.165) is 11.8 Å². The van der Waals surface area contributed by atoms with Crippen LogP contribution in [0, 0.1) is 11.8 Å². The van der Waals surface area contributed by atoms with E-state index in [1.165, 1.54) is 25.9 Å². The fourth-order valence-electron chi connectivity index (χ4n) is 1.48. The molecule has 0 aliphatic carbocycles. The van der Waals surface area contributed by atoms with Crippen molar-refractivity contribution in [1.29, 1.82) is 0 Å². The normalized spacial score (nSPS) is 26.3. The predicted octanol–water partition coefficient (Wildman–Crippen LogP) is -0.0856. The molecule has 0 aromatic rings. The lowest BCUT2D eigenvalue weighted by Gasteiger charge is -2.12. The van der Waals surface area contributed by atoms with E-state index < -0.39 is 12.1 Å². The molecule has 6 heteroatoms. The Labute approximate surface area is 93.0 Å². The maximum absolute atomic E-state index is 10.5. The molecule has 3 nitrogen and oxygen atoms in total. The molecule has 0 spiro atoms. The van der Waals surface area contributed by atoms with E-state index in [0.29, 0.717) is 0 Å². The van der Waals surface area contributed by atoms with Crippen LogP contribution < -0.4 is 10.4 Å². The number of nitrogens with two attached hydrogens (primary N) is 1. The van der Waals surface area contributed by atoms with Crippen LogP contribution >= 0.6 is 0 Å². The van der Waals surface area contributed by atoms with E-state index in [9.17, 15) is 13.2 Å². The Morgan fingerprint density at radius 3 is 2.25 bits per heavy atom. The van der Waals surface area contributed by atoms with Crippen molar-refractivity contribution in [1.82, 2.24) is 0 Å². The number of quaternary nitrogens is 1. The zero-order valence-electron chi connectivity index (χ0n) is 9.51. The molecule has 1 heterocycles. The second kappa shape index (κ2) is 6.73. The molecule has 0 radical (unpaired) electrons. The van der Waals surface area contributed by atoms with E-state index in [-0.39, 0.29) is 0 Å². The number of aliphatic carboxylic acids is 1. The van der Waals surface area contributed by atoms with E-state index >= 15 is 0 Å². The van der Waals surface area contributed by atoms with Crippen LogP contribution in [0.3, 0.4) is 0 Å². The van der Waals surface area contributed by atoms with E-state index in [4.69, 9.17) is 9.90 Å². The zero-order valence-corrected chi connectivity index (χ0v) is 9.51. The van der Waals surface area contributed by atoms with Crippen LogP contribution in [0.2, 0.25) is 0 Å². The highest BCUT2D eigenvalue weighted by Gasteiger charge is 2.28. The van der Waals surface area contributed by atoms with E-state index in [1.807, 2.05) is 0 Å². The molecule has 96 valence electrons. The molecule has 2 atom stereocenters. The van der Waals surface area contributed by atoms with Crippen LogP contribution in [0.1, 0.15) is 26.7 Å². The molecule has 1 saturated heterocycles. The molecule has 1 aliphatic rings. The number of rotatable bonds is 0. The number of halogens is 3. The van der Waals surface area contributed by atoms with Gasteiger partial charge >= 0.3 is 6.18 Å². The second-order valence-corrected chi connectivity index (χ2v) is 4.20. The number of carbonyl (C=O) groups excluding carboxylic acids is 1. The summed E-state index contributed by atoms with van der Waals surface area (Å²) in [7, 11) is 0. The van der Waals surface area contributed by atoms with Crippen LogP contribution in [0.5, 0.6) is 0 Å². The molecule has 1 rings (SSSR count). The zero-order chi connectivity index (χ0) is 12.8. The largest absolute Gasteiger partial charge is 0.542 e. The van der Waals surface area contributed by atoms with Crippen molar-refractivity contribution < 1.29 is 28.4 Å². The van der Waals surface area contributed by atoms with Gasteiger partial charge in [0.05, 0.1) is 13.1 Å². The van der Waals surface area contributed by atoms with Crippen LogP contribution in [0.25, 0.3) is 0 Å². The van der Waals surface area contributed by atoms with Crippen molar-refractivity contribution in [3.63, 3.8) is 0 Å². The van der Waals surface area contributed by atoms with Crippen LogP contribution in [-0.4, -0.2) is 25.2 Å². The lowest BCUT2D eigenvalue weighted by Crippen LogP contribution is -2.85. The summed E-state index contributed by atoms with van der Waals surface area (Å²) in [4.78, 5) is 8.78. The highest BCUT2D eigenvalue weighted by molar-refractivity contribution is 5.70. The first kappa shape index (κ1) is 15.2. The Balaban J connectivity index is 0.000000293. The molecular weight excluding hydrogens is 223 g/mol. The monoisotopic (exact) mass is 241 g/mol. The van der Waals surface area contributed by atoms with Crippen LogP contribution in [0.4, 0.5) is 13.2 Å². The van der Waals surface area contributed by atoms with Crippen molar-refractivity contribution in [3.05, 3.63) is 0 Å². The van der Waals surface area contributed by atoms with Gasteiger partial charge < -0.3 is 15.2 Å². The lowest BCUT2D eigenvalue weighted by molar-refractivity contribution is -0.658. The molecule has 0 aromatic carbocycles. The third-order valence-corrected chi connectivity index (χ3v) is 2.81. The summed E-state index contributed by atoms with van der Waals surface area (Å²) in [5.74, 6) is -1.11. The number of hydrogen-bond donors (Lipinski definition) is 1. The van der Waals surface area contributed by atoms with Gasteiger partial charge in [-0.05, 0) is 18.8 Å². The SMILES string of the molecule is C[C@H]1CCC[NH2+]C[C@@H]1C.O=C([O-])C(F)(F)F. The van der Waals surface area contributed by atoms with Crippen LogP contribution in [-0.2, 0) is 4.79 Å². The molecule has 1 aliphatic heterocycles. The fraction of sp³-hybridized carbons (Fsp3) is 0.900. The van der Waals surface area contributed by atoms with Gasteiger partial charge in [-0.1, -0.05) is 13.8 Å². The first-order chi connectivity index (χ1) is 7.25. The van der Waals surface area contributed by atoms with Crippen molar-refractivity contribution in [2.45, 2.75) is 32.9 Å². The molecule has 0 unspecified atom stereocenters. The Morgan fingerprint density at radius 2 is 1.81 bits per heavy atom. The third kappa shape index (κ3) is 6.66. The summed E-state index contributed by atoms with van der Waals surface area (Å²) in [6.07, 6.45) is -2.33. The van der Waals surface area contributed by atoms with Crippen molar-refractivity contribution in [2.24, 2.45) is 11.8 Å². The van der Waals surface area contributed by atoms with Crippen molar-refractivity contribution >= 4 is 5.97 Å². The minimum Gasteiger partial charge on any atom is -0.542 e. The molecule has 0 amide bonds. The smallest absolute Gasteiger partial charge is 0.430 e. The summed E-state index contributed by atoms with van der Waals surface area (Å²) < 4.78 is 31.5. The maximum Gasteiger partial charge on any atom is 0.430 e. The van der Waals surface area contributed by atoms with Gasteiger partial charge in [0, 0.05) is 5.92 Å². The Hall–Kier alpha value is -0.780. The molecule has 1 fully saturated rings. The highest BCUT2D eigenvalue weighted by Crippen LogP contribution is 2.15.